The highest BCUT2D eigenvalue weighted by atomic mass is 35.6. The lowest BCUT2D eigenvalue weighted by Gasteiger charge is -2.12. The maximum atomic E-state index is 6.23. The molecule has 176 valence electrons. The molecular formula is C19H22Cl7NO4. The molecule has 12 heteroatoms. The van der Waals surface area contributed by atoms with E-state index >= 15 is 0 Å². The summed E-state index contributed by atoms with van der Waals surface area (Å²) in [5, 5.41) is 4.37. The molecule has 1 aromatic carbocycles. The Labute approximate surface area is 217 Å². The summed E-state index contributed by atoms with van der Waals surface area (Å²) in [6, 6.07) is 3.25. The van der Waals surface area contributed by atoms with E-state index in [1.54, 1.807) is 12.1 Å². The minimum absolute atomic E-state index is 0.119. The van der Waals surface area contributed by atoms with Gasteiger partial charge in [0.2, 0.25) is 3.79 Å². The number of nitrogens with zero attached hydrogens (tertiary/aromatic N) is 1. The first kappa shape index (κ1) is 29.1. The van der Waals surface area contributed by atoms with Gasteiger partial charge in [-0.15, -0.1) is 0 Å². The first-order chi connectivity index (χ1) is 14.7. The van der Waals surface area contributed by atoms with Crippen molar-refractivity contribution in [3.8, 4) is 11.5 Å². The summed E-state index contributed by atoms with van der Waals surface area (Å²) in [6.07, 6.45) is 6.73. The Hall–Kier alpha value is 0.0200. The van der Waals surface area contributed by atoms with Crippen molar-refractivity contribution in [1.29, 1.82) is 0 Å². The minimum atomic E-state index is -1.48. The van der Waals surface area contributed by atoms with E-state index in [4.69, 9.17) is 100 Å². The Balaban J connectivity index is 2.12. The zero-order valence-electron chi connectivity index (χ0n) is 16.4. The zero-order valence-corrected chi connectivity index (χ0v) is 21.7. The Kier molecular flexibility index (Phi) is 15.6. The Morgan fingerprint density at radius 3 is 2.16 bits per heavy atom. The molecule has 0 fully saturated rings. The number of alkyl halides is 3. The van der Waals surface area contributed by atoms with Crippen molar-refractivity contribution in [2.75, 3.05) is 33.0 Å². The largest absolute Gasteiger partial charge is 0.490 e. The van der Waals surface area contributed by atoms with Crippen molar-refractivity contribution < 1.29 is 19.0 Å². The molecule has 0 saturated carbocycles. The molecule has 0 aromatic heterocycles. The van der Waals surface area contributed by atoms with Gasteiger partial charge in [0.05, 0.1) is 29.5 Å². The molecule has 5 nitrogen and oxygen atoms in total. The summed E-state index contributed by atoms with van der Waals surface area (Å²) in [5.74, 6) is 0.927. The molecule has 0 unspecified atom stereocenters. The zero-order chi connectivity index (χ0) is 23.1. The molecule has 0 spiro atoms. The molecule has 0 atom stereocenters. The van der Waals surface area contributed by atoms with Gasteiger partial charge < -0.3 is 19.0 Å². The Bertz CT molecular complexity index is 684. The van der Waals surface area contributed by atoms with Crippen molar-refractivity contribution in [2.45, 2.75) is 29.5 Å². The third-order valence-corrected chi connectivity index (χ3v) is 4.66. The van der Waals surface area contributed by atoms with Gasteiger partial charge >= 0.3 is 0 Å². The summed E-state index contributed by atoms with van der Waals surface area (Å²) in [4.78, 5) is 4.80. The molecule has 31 heavy (non-hydrogen) atoms. The Morgan fingerprint density at radius 2 is 1.55 bits per heavy atom. The van der Waals surface area contributed by atoms with Crippen LogP contribution in [0.3, 0.4) is 0 Å². The second-order valence-electron chi connectivity index (χ2n) is 6.04. The first-order valence-electron chi connectivity index (χ1n) is 9.23. The second kappa shape index (κ2) is 16.6. The second-order valence-corrected chi connectivity index (χ2v) is 10.4. The maximum absolute atomic E-state index is 6.23. The van der Waals surface area contributed by atoms with E-state index in [2.05, 4.69) is 5.16 Å². The predicted octanol–water partition coefficient (Wildman–Crippen LogP) is 8.02. The molecule has 0 aliphatic carbocycles. The van der Waals surface area contributed by atoms with Gasteiger partial charge in [-0.3, -0.25) is 0 Å². The molecule has 0 aliphatic rings. The molecule has 1 aromatic rings. The van der Waals surface area contributed by atoms with Crippen LogP contribution in [0.5, 0.6) is 11.5 Å². The van der Waals surface area contributed by atoms with E-state index in [0.717, 1.165) is 25.7 Å². The van der Waals surface area contributed by atoms with Crippen molar-refractivity contribution in [2.24, 2.45) is 5.16 Å². The van der Waals surface area contributed by atoms with E-state index in [9.17, 15) is 0 Å². The molecule has 0 bridgehead atoms. The van der Waals surface area contributed by atoms with Gasteiger partial charge in [0.1, 0.15) is 16.8 Å². The van der Waals surface area contributed by atoms with Gasteiger partial charge in [0, 0.05) is 18.7 Å². The third-order valence-electron chi connectivity index (χ3n) is 3.46. The first-order valence-corrected chi connectivity index (χ1v) is 11.9. The fourth-order valence-electron chi connectivity index (χ4n) is 2.12. The van der Waals surface area contributed by atoms with Crippen LogP contribution in [0.25, 0.3) is 0 Å². The van der Waals surface area contributed by atoms with Gasteiger partial charge in [0.15, 0.2) is 12.4 Å². The van der Waals surface area contributed by atoms with Crippen molar-refractivity contribution >= 4 is 87.4 Å². The standard InChI is InChI=1S/C19H22Cl7NO4/c20-15-11-14(29-9-5-17(22)23)12-16(21)18(15)30-8-4-2-1-3-7-28-10-6-27-31-13-19(24,25)26/h5-6,11-12H,1-4,7-10,13H2/b27-6+. The maximum Gasteiger partial charge on any atom is 0.226 e. The topological polar surface area (TPSA) is 49.3 Å². The van der Waals surface area contributed by atoms with Crippen LogP contribution in [0.2, 0.25) is 10.0 Å². The number of oxime groups is 1. The number of benzene rings is 1. The summed E-state index contributed by atoms with van der Waals surface area (Å²) < 4.78 is 15.2. The molecule has 0 amide bonds. The van der Waals surface area contributed by atoms with Crippen molar-refractivity contribution in [3.05, 3.63) is 32.7 Å². The average molecular weight is 577 g/mol. The van der Waals surface area contributed by atoms with Crippen LogP contribution >= 0.6 is 81.2 Å². The number of hydrogen-bond acceptors (Lipinski definition) is 5. The van der Waals surface area contributed by atoms with Gasteiger partial charge in [-0.05, 0) is 25.3 Å². The van der Waals surface area contributed by atoms with Crippen LogP contribution in [0.1, 0.15) is 25.7 Å². The third kappa shape index (κ3) is 15.5. The average Bonchev–Trinajstić information content (AvgIpc) is 2.66. The predicted molar refractivity (Wildman–Crippen MR) is 131 cm³/mol. The number of unbranched alkanes of at least 4 members (excludes halogenated alkanes) is 3. The fraction of sp³-hybridized carbons (Fsp3) is 0.526. The lowest BCUT2D eigenvalue weighted by molar-refractivity contribution is 0.139. The molecule has 0 N–H and O–H groups in total. The minimum Gasteiger partial charge on any atom is -0.490 e. The van der Waals surface area contributed by atoms with E-state index in [1.165, 1.54) is 12.3 Å². The lowest BCUT2D eigenvalue weighted by atomic mass is 10.2. The van der Waals surface area contributed by atoms with E-state index in [1.807, 2.05) is 0 Å². The summed E-state index contributed by atoms with van der Waals surface area (Å²) in [5.41, 5.74) is 0. The van der Waals surface area contributed by atoms with Crippen LogP contribution in [-0.2, 0) is 9.57 Å². The molecule has 0 saturated heterocycles. The summed E-state index contributed by atoms with van der Waals surface area (Å²) in [7, 11) is 0. The summed E-state index contributed by atoms with van der Waals surface area (Å²) >= 11 is 40.1. The highest BCUT2D eigenvalue weighted by Gasteiger charge is 2.20. The smallest absolute Gasteiger partial charge is 0.226 e. The molecule has 0 aliphatic heterocycles. The highest BCUT2D eigenvalue weighted by Crippen LogP contribution is 2.37. The van der Waals surface area contributed by atoms with E-state index in [-0.39, 0.29) is 17.7 Å². The number of rotatable bonds is 15. The molecular weight excluding hydrogens is 554 g/mol. The van der Waals surface area contributed by atoms with Crippen LogP contribution in [0.4, 0.5) is 0 Å². The number of halogens is 7. The van der Waals surface area contributed by atoms with E-state index in [0.29, 0.717) is 41.4 Å². The van der Waals surface area contributed by atoms with E-state index < -0.39 is 3.79 Å². The normalized spacial score (nSPS) is 11.6. The fourth-order valence-corrected chi connectivity index (χ4v) is 2.97. The van der Waals surface area contributed by atoms with Gasteiger partial charge in [-0.25, -0.2) is 0 Å². The Morgan fingerprint density at radius 1 is 0.903 bits per heavy atom. The van der Waals surface area contributed by atoms with Crippen LogP contribution in [0.15, 0.2) is 27.9 Å². The number of hydrogen-bond donors (Lipinski definition) is 0. The molecule has 0 radical (unpaired) electrons. The van der Waals surface area contributed by atoms with Gasteiger partial charge in [0.25, 0.3) is 0 Å². The molecule has 0 heterocycles. The SMILES string of the molecule is ClC(Cl)=CCOc1cc(Cl)c(OCCCCCCOC/C=N/OCC(Cl)(Cl)Cl)c(Cl)c1. The van der Waals surface area contributed by atoms with Crippen LogP contribution in [-0.4, -0.2) is 43.0 Å². The highest BCUT2D eigenvalue weighted by molar-refractivity contribution is 6.67. The van der Waals surface area contributed by atoms with Gasteiger partial charge in [-0.2, -0.15) is 0 Å². The molecule has 1 rings (SSSR count). The number of ether oxygens (including phenoxy) is 3. The van der Waals surface area contributed by atoms with Crippen LogP contribution < -0.4 is 9.47 Å². The lowest BCUT2D eigenvalue weighted by Crippen LogP contribution is -2.10. The van der Waals surface area contributed by atoms with Crippen LogP contribution in [0, 0.1) is 0 Å². The van der Waals surface area contributed by atoms with Crippen molar-refractivity contribution in [3.63, 3.8) is 0 Å². The quantitative estimate of drug-likeness (QED) is 0.0919. The summed E-state index contributed by atoms with van der Waals surface area (Å²) in [6.45, 7) is 1.52. The monoisotopic (exact) mass is 573 g/mol. The van der Waals surface area contributed by atoms with Crippen molar-refractivity contribution in [1.82, 2.24) is 0 Å². The van der Waals surface area contributed by atoms with Gasteiger partial charge in [-0.1, -0.05) is 92.8 Å².